The van der Waals surface area contributed by atoms with E-state index in [1.54, 1.807) is 0 Å². The molecular weight excluding hydrogens is 284 g/mol. The molecule has 0 fully saturated rings. The van der Waals surface area contributed by atoms with E-state index in [2.05, 4.69) is 4.98 Å². The molecule has 0 amide bonds. The standard InChI is InChI=1S/C17H17ClN2O/c1-3-14(21)16-15(12-8-6-11(2)7-9-12)19-17-13(18)5-4-10-20(16)17/h4-10,14,21H,3H2,1-2H3. The van der Waals surface area contributed by atoms with Crippen molar-refractivity contribution in [2.75, 3.05) is 0 Å². The summed E-state index contributed by atoms with van der Waals surface area (Å²) in [5.74, 6) is 0. The summed E-state index contributed by atoms with van der Waals surface area (Å²) in [5, 5.41) is 11.0. The number of halogens is 1. The summed E-state index contributed by atoms with van der Waals surface area (Å²) < 4.78 is 1.88. The smallest absolute Gasteiger partial charge is 0.156 e. The summed E-state index contributed by atoms with van der Waals surface area (Å²) in [5.41, 5.74) is 4.44. The molecule has 1 unspecified atom stereocenters. The van der Waals surface area contributed by atoms with E-state index in [1.807, 2.05) is 60.8 Å². The van der Waals surface area contributed by atoms with Crippen LogP contribution in [0.4, 0.5) is 0 Å². The van der Waals surface area contributed by atoms with Gasteiger partial charge in [-0.3, -0.25) is 4.40 Å². The molecule has 1 atom stereocenters. The summed E-state index contributed by atoms with van der Waals surface area (Å²) in [6.45, 7) is 4.00. The van der Waals surface area contributed by atoms with Gasteiger partial charge < -0.3 is 5.11 Å². The molecule has 3 rings (SSSR count). The van der Waals surface area contributed by atoms with Gasteiger partial charge in [-0.2, -0.15) is 0 Å². The van der Waals surface area contributed by atoms with E-state index in [4.69, 9.17) is 11.6 Å². The zero-order valence-corrected chi connectivity index (χ0v) is 12.8. The van der Waals surface area contributed by atoms with Crippen LogP contribution in [0.5, 0.6) is 0 Å². The SMILES string of the molecule is CCC(O)c1c(-c2ccc(C)cc2)nc2c(Cl)cccn12. The minimum absolute atomic E-state index is 0.574. The fraction of sp³-hybridized carbons (Fsp3) is 0.235. The number of aliphatic hydroxyl groups is 1. The number of fused-ring (bicyclic) bond motifs is 1. The van der Waals surface area contributed by atoms with E-state index in [9.17, 15) is 5.11 Å². The van der Waals surface area contributed by atoms with Crippen LogP contribution in [0.25, 0.3) is 16.9 Å². The van der Waals surface area contributed by atoms with E-state index in [1.165, 1.54) is 5.56 Å². The van der Waals surface area contributed by atoms with Gasteiger partial charge in [0.05, 0.1) is 22.5 Å². The lowest BCUT2D eigenvalue weighted by molar-refractivity contribution is 0.168. The Morgan fingerprint density at radius 2 is 1.95 bits per heavy atom. The van der Waals surface area contributed by atoms with Crippen molar-refractivity contribution in [3.63, 3.8) is 0 Å². The zero-order chi connectivity index (χ0) is 15.0. The quantitative estimate of drug-likeness (QED) is 0.778. The van der Waals surface area contributed by atoms with Crippen LogP contribution in [0.15, 0.2) is 42.6 Å². The number of aryl methyl sites for hydroxylation is 1. The molecule has 0 radical (unpaired) electrons. The molecule has 1 N–H and O–H groups in total. The van der Waals surface area contributed by atoms with Crippen molar-refractivity contribution in [1.82, 2.24) is 9.38 Å². The van der Waals surface area contributed by atoms with Crippen LogP contribution >= 0.6 is 11.6 Å². The highest BCUT2D eigenvalue weighted by Gasteiger charge is 2.20. The molecule has 0 saturated heterocycles. The van der Waals surface area contributed by atoms with Crippen LogP contribution in [0.1, 0.15) is 30.7 Å². The van der Waals surface area contributed by atoms with Gasteiger partial charge in [0.1, 0.15) is 0 Å². The normalized spacial score (nSPS) is 12.8. The second-order valence-electron chi connectivity index (χ2n) is 5.19. The summed E-state index contributed by atoms with van der Waals surface area (Å²) in [6.07, 6.45) is 1.94. The Morgan fingerprint density at radius 3 is 2.62 bits per heavy atom. The first-order chi connectivity index (χ1) is 10.1. The molecule has 21 heavy (non-hydrogen) atoms. The van der Waals surface area contributed by atoms with E-state index >= 15 is 0 Å². The monoisotopic (exact) mass is 300 g/mol. The van der Waals surface area contributed by atoms with Crippen LogP contribution in [0.2, 0.25) is 5.02 Å². The Kier molecular flexibility index (Phi) is 3.70. The topological polar surface area (TPSA) is 37.5 Å². The number of aromatic nitrogens is 2. The lowest BCUT2D eigenvalue weighted by atomic mass is 10.0. The fourth-order valence-corrected chi connectivity index (χ4v) is 2.69. The van der Waals surface area contributed by atoms with E-state index < -0.39 is 6.10 Å². The van der Waals surface area contributed by atoms with Crippen molar-refractivity contribution >= 4 is 17.2 Å². The van der Waals surface area contributed by atoms with Crippen LogP contribution in [-0.4, -0.2) is 14.5 Å². The van der Waals surface area contributed by atoms with Gasteiger partial charge in [0.2, 0.25) is 0 Å². The molecule has 4 heteroatoms. The molecule has 0 saturated carbocycles. The van der Waals surface area contributed by atoms with Gasteiger partial charge in [-0.25, -0.2) is 4.98 Å². The van der Waals surface area contributed by atoms with E-state index in [-0.39, 0.29) is 0 Å². The minimum atomic E-state index is -0.574. The molecule has 2 aromatic heterocycles. The van der Waals surface area contributed by atoms with Crippen LogP contribution < -0.4 is 0 Å². The number of imidazole rings is 1. The van der Waals surface area contributed by atoms with Crippen LogP contribution in [-0.2, 0) is 0 Å². The molecule has 3 aromatic rings. The van der Waals surface area contributed by atoms with Gasteiger partial charge in [-0.1, -0.05) is 48.4 Å². The van der Waals surface area contributed by atoms with Crippen LogP contribution in [0.3, 0.4) is 0 Å². The number of pyridine rings is 1. The van der Waals surface area contributed by atoms with Crippen molar-refractivity contribution in [3.05, 3.63) is 58.9 Å². The maximum Gasteiger partial charge on any atom is 0.156 e. The summed E-state index contributed by atoms with van der Waals surface area (Å²) >= 11 is 6.24. The van der Waals surface area contributed by atoms with E-state index in [0.717, 1.165) is 17.0 Å². The summed E-state index contributed by atoms with van der Waals surface area (Å²) in [6, 6.07) is 11.8. The Labute approximate surface area is 128 Å². The Hall–Kier alpha value is -1.84. The molecule has 0 aliphatic heterocycles. The van der Waals surface area contributed by atoms with Gasteiger partial charge in [0.25, 0.3) is 0 Å². The average molecular weight is 301 g/mol. The van der Waals surface area contributed by atoms with Crippen LogP contribution in [0, 0.1) is 6.92 Å². The number of nitrogens with zero attached hydrogens (tertiary/aromatic N) is 2. The first kappa shape index (κ1) is 14.1. The lowest BCUT2D eigenvalue weighted by Crippen LogP contribution is -2.02. The first-order valence-electron chi connectivity index (χ1n) is 7.03. The highest BCUT2D eigenvalue weighted by molar-refractivity contribution is 6.33. The molecule has 0 aliphatic rings. The molecule has 0 aliphatic carbocycles. The highest BCUT2D eigenvalue weighted by Crippen LogP contribution is 2.32. The van der Waals surface area contributed by atoms with Crippen molar-refractivity contribution in [2.45, 2.75) is 26.4 Å². The fourth-order valence-electron chi connectivity index (χ4n) is 2.49. The molecule has 1 aromatic carbocycles. The predicted octanol–water partition coefficient (Wildman–Crippen LogP) is 4.41. The predicted molar refractivity (Wildman–Crippen MR) is 85.6 cm³/mol. The third-order valence-electron chi connectivity index (χ3n) is 3.67. The zero-order valence-electron chi connectivity index (χ0n) is 12.0. The largest absolute Gasteiger partial charge is 0.387 e. The number of hydrogen-bond donors (Lipinski definition) is 1. The van der Waals surface area contributed by atoms with Crippen molar-refractivity contribution in [2.24, 2.45) is 0 Å². The van der Waals surface area contributed by atoms with Gasteiger partial charge >= 0.3 is 0 Å². The van der Waals surface area contributed by atoms with Crippen molar-refractivity contribution in [1.29, 1.82) is 0 Å². The van der Waals surface area contributed by atoms with Gasteiger partial charge in [-0.05, 0) is 25.5 Å². The first-order valence-corrected chi connectivity index (χ1v) is 7.41. The molecule has 0 bridgehead atoms. The molecule has 3 nitrogen and oxygen atoms in total. The summed E-state index contributed by atoms with van der Waals surface area (Å²) in [7, 11) is 0. The molecule has 108 valence electrons. The Balaban J connectivity index is 2.30. The molecular formula is C17H17ClN2O. The third kappa shape index (κ3) is 2.43. The lowest BCUT2D eigenvalue weighted by Gasteiger charge is -2.11. The molecule has 0 spiro atoms. The van der Waals surface area contributed by atoms with Gasteiger partial charge in [0, 0.05) is 11.8 Å². The second-order valence-corrected chi connectivity index (χ2v) is 5.59. The number of hydrogen-bond acceptors (Lipinski definition) is 2. The maximum atomic E-state index is 10.4. The number of benzene rings is 1. The minimum Gasteiger partial charge on any atom is -0.387 e. The molecule has 2 heterocycles. The Bertz CT molecular complexity index is 777. The number of rotatable bonds is 3. The van der Waals surface area contributed by atoms with E-state index in [0.29, 0.717) is 17.1 Å². The van der Waals surface area contributed by atoms with Gasteiger partial charge in [0.15, 0.2) is 5.65 Å². The second kappa shape index (κ2) is 5.51. The number of aliphatic hydroxyl groups excluding tert-OH is 1. The average Bonchev–Trinajstić information content (AvgIpc) is 2.88. The maximum absolute atomic E-state index is 10.4. The highest BCUT2D eigenvalue weighted by atomic mass is 35.5. The Morgan fingerprint density at radius 1 is 1.24 bits per heavy atom. The van der Waals surface area contributed by atoms with Crippen molar-refractivity contribution in [3.8, 4) is 11.3 Å². The summed E-state index contributed by atoms with van der Waals surface area (Å²) in [4.78, 5) is 4.65. The van der Waals surface area contributed by atoms with Gasteiger partial charge in [-0.15, -0.1) is 0 Å². The van der Waals surface area contributed by atoms with Crippen molar-refractivity contribution < 1.29 is 5.11 Å². The third-order valence-corrected chi connectivity index (χ3v) is 3.96.